The minimum atomic E-state index is -4.08. The van der Waals surface area contributed by atoms with Crippen LogP contribution in [0.1, 0.15) is 65.2 Å². The van der Waals surface area contributed by atoms with Crippen molar-refractivity contribution in [2.24, 2.45) is 11.8 Å². The molecule has 3 fully saturated rings. The molecule has 2 aliphatic heterocycles. The summed E-state index contributed by atoms with van der Waals surface area (Å²) in [6.07, 6.45) is 6.93. The number of hydrazine groups is 1. The molecule has 60 heavy (non-hydrogen) atoms. The quantitative estimate of drug-likeness (QED) is 0.105. The molecular formula is C41H48N8O8S3. The van der Waals surface area contributed by atoms with Crippen molar-refractivity contribution in [3.63, 3.8) is 0 Å². The van der Waals surface area contributed by atoms with Gasteiger partial charge >= 0.3 is 0 Å². The molecule has 0 unspecified atom stereocenters. The van der Waals surface area contributed by atoms with E-state index in [0.717, 1.165) is 29.3 Å². The van der Waals surface area contributed by atoms with Gasteiger partial charge in [-0.2, -0.15) is 4.72 Å². The molecule has 4 aliphatic rings. The Morgan fingerprint density at radius 1 is 1.03 bits per heavy atom. The van der Waals surface area contributed by atoms with E-state index in [2.05, 4.69) is 26.2 Å². The van der Waals surface area contributed by atoms with Crippen LogP contribution in [0.4, 0.5) is 5.13 Å². The highest BCUT2D eigenvalue weighted by molar-refractivity contribution is 7.91. The van der Waals surface area contributed by atoms with E-state index in [9.17, 15) is 27.6 Å². The number of aromatic nitrogens is 2. The number of thiophene rings is 1. The molecule has 0 bridgehead atoms. The highest BCUT2D eigenvalue weighted by atomic mass is 32.2. The summed E-state index contributed by atoms with van der Waals surface area (Å²) in [7, 11) is -2.51. The minimum absolute atomic E-state index is 0.0348. The lowest BCUT2D eigenvalue weighted by Crippen LogP contribution is -2.59. The molecule has 5 N–H and O–H groups in total. The van der Waals surface area contributed by atoms with Gasteiger partial charge in [0.2, 0.25) is 17.7 Å². The molecule has 0 radical (unpaired) electrons. The summed E-state index contributed by atoms with van der Waals surface area (Å²) in [5, 5.41) is 11.2. The van der Waals surface area contributed by atoms with Gasteiger partial charge in [-0.05, 0) is 76.0 Å². The summed E-state index contributed by atoms with van der Waals surface area (Å²) >= 11 is 2.49. The summed E-state index contributed by atoms with van der Waals surface area (Å²) in [4.78, 5) is 66.5. The Labute approximate surface area is 355 Å². The Balaban J connectivity index is 1.12. The maximum atomic E-state index is 14.7. The van der Waals surface area contributed by atoms with Gasteiger partial charge in [0.15, 0.2) is 5.13 Å². The standard InChI is InChI=1S/C41H48N8O8S3/c1-23(2)42-40-44-32(22-59-40)31-19-34(28-15-14-26(56-3)17-30(28)43-31)57-27-18-33-37(51)45-41(39(53)47-46-36(50)24-12-13-24)20-25(41)9-6-4-5-7-10-29(38(52)49(33)21-27)48-60(54,55)35-11-8-16-58-35/h6,8-9,11,14-17,19,22-25,27,29,33,48H,4-5,7,10,12-13,18,20-21H2,1-3H3,(H,42,44)(H,45,51)(H,46,50)(H,47,53)/b9-6-/t25-,27-,29+,33+,41-/m1/s1. The van der Waals surface area contributed by atoms with Gasteiger partial charge in [0.05, 0.1) is 24.9 Å². The topological polar surface area (TPSA) is 210 Å². The molecule has 2 saturated carbocycles. The van der Waals surface area contributed by atoms with Crippen molar-refractivity contribution < 1.29 is 37.1 Å². The number of pyridine rings is 1. The fraction of sp³-hybridized carbons (Fsp3) is 0.463. The minimum Gasteiger partial charge on any atom is -0.497 e. The maximum Gasteiger partial charge on any atom is 0.264 e. The molecule has 0 spiro atoms. The van der Waals surface area contributed by atoms with Gasteiger partial charge in [-0.3, -0.25) is 30.0 Å². The molecule has 8 rings (SSSR count). The van der Waals surface area contributed by atoms with E-state index in [4.69, 9.17) is 19.4 Å². The first-order chi connectivity index (χ1) is 28.8. The van der Waals surface area contributed by atoms with Gasteiger partial charge in [-0.15, -0.1) is 22.7 Å². The number of allylic oxidation sites excluding steroid dienone is 1. The number of thiazole rings is 1. The second kappa shape index (κ2) is 17.1. The van der Waals surface area contributed by atoms with Crippen LogP contribution >= 0.6 is 22.7 Å². The fourth-order valence-corrected chi connectivity index (χ4v) is 10.8. The number of carbonyl (C=O) groups excluding carboxylic acids is 4. The lowest BCUT2D eigenvalue weighted by Gasteiger charge is -2.30. The number of hydrogen-bond acceptors (Lipinski definition) is 13. The number of nitrogens with zero attached hydrogens (tertiary/aromatic N) is 3. The molecule has 5 atom stereocenters. The molecule has 4 aromatic rings. The molecule has 1 saturated heterocycles. The van der Waals surface area contributed by atoms with E-state index in [1.165, 1.54) is 22.3 Å². The number of nitrogens with one attached hydrogen (secondary N) is 5. The number of methoxy groups -OCH3 is 1. The average Bonchev–Trinajstić information content (AvgIpc) is 3.95. The van der Waals surface area contributed by atoms with E-state index >= 15 is 0 Å². The fourth-order valence-electron chi connectivity index (χ4n) is 7.72. The second-order valence-electron chi connectivity index (χ2n) is 16.0. The molecular weight excluding hydrogens is 829 g/mol. The first-order valence-corrected chi connectivity index (χ1v) is 23.4. The van der Waals surface area contributed by atoms with E-state index in [1.807, 2.05) is 37.4 Å². The normalized spacial score (nSPS) is 25.1. The van der Waals surface area contributed by atoms with E-state index < -0.39 is 51.5 Å². The zero-order chi connectivity index (χ0) is 42.2. The number of fused-ring (bicyclic) bond motifs is 3. The number of anilines is 1. The molecule has 4 amide bonds. The Hall–Kier alpha value is -5.11. The van der Waals surface area contributed by atoms with Crippen LogP contribution in [0.2, 0.25) is 0 Å². The summed E-state index contributed by atoms with van der Waals surface area (Å²) in [5.74, 6) is -1.46. The van der Waals surface area contributed by atoms with Gasteiger partial charge in [0, 0.05) is 47.2 Å². The number of hydrogen-bond donors (Lipinski definition) is 5. The largest absolute Gasteiger partial charge is 0.497 e. The average molecular weight is 877 g/mol. The Bertz CT molecular complexity index is 2420. The van der Waals surface area contributed by atoms with Crippen LogP contribution in [-0.4, -0.2) is 90.3 Å². The van der Waals surface area contributed by atoms with E-state index in [-0.39, 0.29) is 47.4 Å². The Morgan fingerprint density at radius 2 is 1.87 bits per heavy atom. The number of benzene rings is 1. The van der Waals surface area contributed by atoms with Crippen LogP contribution in [-0.2, 0) is 29.2 Å². The zero-order valence-electron chi connectivity index (χ0n) is 33.4. The van der Waals surface area contributed by atoms with Crippen LogP contribution in [0.3, 0.4) is 0 Å². The highest BCUT2D eigenvalue weighted by Gasteiger charge is 2.61. The van der Waals surface area contributed by atoms with Gasteiger partial charge in [-0.25, -0.2) is 18.4 Å². The number of carbonyl (C=O) groups is 4. The first-order valence-electron chi connectivity index (χ1n) is 20.2. The molecule has 3 aromatic heterocycles. The predicted octanol–water partition coefficient (Wildman–Crippen LogP) is 4.51. The number of rotatable bonds is 11. The molecule has 2 aliphatic carbocycles. The third kappa shape index (κ3) is 8.99. The van der Waals surface area contributed by atoms with Crippen molar-refractivity contribution in [2.45, 2.75) is 99.2 Å². The third-order valence-corrected chi connectivity index (χ3v) is 14.8. The van der Waals surface area contributed by atoms with Crippen molar-refractivity contribution in [1.82, 2.24) is 35.8 Å². The predicted molar refractivity (Wildman–Crippen MR) is 227 cm³/mol. The summed E-state index contributed by atoms with van der Waals surface area (Å²) in [6.45, 7) is 4.00. The number of amides is 4. The first kappa shape index (κ1) is 41.6. The van der Waals surface area contributed by atoms with Crippen molar-refractivity contribution >= 4 is 72.4 Å². The Morgan fingerprint density at radius 3 is 2.62 bits per heavy atom. The van der Waals surface area contributed by atoms with E-state index in [0.29, 0.717) is 59.5 Å². The van der Waals surface area contributed by atoms with E-state index in [1.54, 1.807) is 36.8 Å². The molecule has 16 nitrogen and oxygen atoms in total. The summed E-state index contributed by atoms with van der Waals surface area (Å²) in [5.41, 5.74) is 5.42. The molecule has 5 heterocycles. The van der Waals surface area contributed by atoms with Gasteiger partial charge in [0.1, 0.15) is 45.1 Å². The summed E-state index contributed by atoms with van der Waals surface area (Å²) in [6, 6.07) is 8.16. The lowest BCUT2D eigenvalue weighted by atomic mass is 10.0. The second-order valence-corrected chi connectivity index (χ2v) is 19.8. The zero-order valence-corrected chi connectivity index (χ0v) is 35.9. The molecule has 19 heteroatoms. The maximum absolute atomic E-state index is 14.7. The van der Waals surface area contributed by atoms with Crippen molar-refractivity contribution in [1.29, 1.82) is 0 Å². The number of ether oxygens (including phenoxy) is 2. The summed E-state index contributed by atoms with van der Waals surface area (Å²) < 4.78 is 42.1. The lowest BCUT2D eigenvalue weighted by molar-refractivity contribution is -0.141. The monoisotopic (exact) mass is 876 g/mol. The smallest absolute Gasteiger partial charge is 0.264 e. The SMILES string of the molecule is COc1ccc2c(O[C@@H]3C[C@H]4C(=O)N[C@]5(C(=O)NNC(=O)C6CC6)C[C@H]5/C=C\CCCC[C@H](NS(=O)(=O)c5cccs5)C(=O)N4C3)cc(-c3csc(NC(C)C)n3)nc2c1. The number of sulfonamides is 1. The van der Waals surface area contributed by atoms with Crippen LogP contribution in [0.5, 0.6) is 11.5 Å². The van der Waals surface area contributed by atoms with Gasteiger partial charge in [0.25, 0.3) is 15.9 Å². The Kier molecular flexibility index (Phi) is 11.9. The van der Waals surface area contributed by atoms with Crippen molar-refractivity contribution in [3.8, 4) is 22.9 Å². The van der Waals surface area contributed by atoms with Gasteiger partial charge < -0.3 is 25.0 Å². The van der Waals surface area contributed by atoms with Crippen molar-refractivity contribution in [3.05, 3.63) is 59.3 Å². The van der Waals surface area contributed by atoms with Crippen LogP contribution < -0.4 is 35.7 Å². The van der Waals surface area contributed by atoms with Crippen molar-refractivity contribution in [2.75, 3.05) is 19.0 Å². The van der Waals surface area contributed by atoms with Crippen LogP contribution in [0.15, 0.2) is 63.5 Å². The molecule has 1 aromatic carbocycles. The van der Waals surface area contributed by atoms with Crippen LogP contribution in [0, 0.1) is 11.8 Å². The highest BCUT2D eigenvalue weighted by Crippen LogP contribution is 2.46. The molecule has 318 valence electrons. The van der Waals surface area contributed by atoms with Crippen LogP contribution in [0.25, 0.3) is 22.3 Å². The third-order valence-electron chi connectivity index (χ3n) is 11.2. The van der Waals surface area contributed by atoms with Gasteiger partial charge in [-0.1, -0.05) is 24.6 Å².